The van der Waals surface area contributed by atoms with Gasteiger partial charge in [0.25, 0.3) is 0 Å². The molecular formula is C29H33NO5. The van der Waals surface area contributed by atoms with Crippen molar-refractivity contribution < 1.29 is 24.9 Å². The molecule has 1 aliphatic rings. The highest BCUT2D eigenvalue weighted by Gasteiger charge is 2.52. The Balaban J connectivity index is 1.39. The van der Waals surface area contributed by atoms with Crippen molar-refractivity contribution in [3.8, 4) is 0 Å². The van der Waals surface area contributed by atoms with E-state index in [1.807, 2.05) is 6.07 Å². The van der Waals surface area contributed by atoms with Gasteiger partial charge in [-0.3, -0.25) is 4.90 Å². The highest BCUT2D eigenvalue weighted by Crippen LogP contribution is 2.38. The summed E-state index contributed by atoms with van der Waals surface area (Å²) in [5.41, 5.74) is -0.591. The third-order valence-electron chi connectivity index (χ3n) is 6.89. The third kappa shape index (κ3) is 5.80. The highest BCUT2D eigenvalue weighted by molar-refractivity contribution is 5.81. The van der Waals surface area contributed by atoms with Crippen molar-refractivity contribution in [1.82, 2.24) is 4.90 Å². The van der Waals surface area contributed by atoms with Gasteiger partial charge < -0.3 is 20.1 Å². The Hall–Kier alpha value is -3.03. The molecule has 2 unspecified atom stereocenters. The predicted octanol–water partition coefficient (Wildman–Crippen LogP) is 3.61. The fraction of sp³-hybridized carbons (Fsp3) is 0.345. The Morgan fingerprint density at radius 1 is 0.829 bits per heavy atom. The van der Waals surface area contributed by atoms with Gasteiger partial charge in [0, 0.05) is 6.54 Å². The summed E-state index contributed by atoms with van der Waals surface area (Å²) in [6.45, 7) is 2.35. The second-order valence-electron chi connectivity index (χ2n) is 9.11. The molecule has 0 bridgehead atoms. The van der Waals surface area contributed by atoms with Crippen molar-refractivity contribution in [1.29, 1.82) is 0 Å². The van der Waals surface area contributed by atoms with Gasteiger partial charge in [-0.1, -0.05) is 91.0 Å². The zero-order valence-electron chi connectivity index (χ0n) is 19.7. The van der Waals surface area contributed by atoms with Gasteiger partial charge in [0.15, 0.2) is 0 Å². The summed E-state index contributed by atoms with van der Waals surface area (Å²) >= 11 is 0. The van der Waals surface area contributed by atoms with Gasteiger partial charge in [-0.15, -0.1) is 0 Å². The molecule has 0 radical (unpaired) electrons. The second-order valence-corrected chi connectivity index (χ2v) is 9.11. The van der Waals surface area contributed by atoms with Crippen LogP contribution in [0.2, 0.25) is 0 Å². The predicted molar refractivity (Wildman–Crippen MR) is 134 cm³/mol. The first-order valence-corrected chi connectivity index (χ1v) is 12.1. The number of ether oxygens (including phenoxy) is 1. The standard InChI is InChI=1S/C29H33NO5/c31-26(24-12-6-2-7-13-24)29(34,27(32)25-14-8-3-9-15-25)28(33)35-21-20-30-18-16-23(17-19-30)22-10-4-1-5-11-22/h1-15,23,26-27,31-32,34H,16-21H2. The maximum Gasteiger partial charge on any atom is 0.344 e. The Labute approximate surface area is 206 Å². The highest BCUT2D eigenvalue weighted by atomic mass is 16.6. The number of carbonyl (C=O) groups excluding carboxylic acids is 1. The lowest BCUT2D eigenvalue weighted by molar-refractivity contribution is -0.200. The number of likely N-dealkylation sites (tertiary alicyclic amines) is 1. The molecule has 1 fully saturated rings. The number of benzene rings is 3. The lowest BCUT2D eigenvalue weighted by atomic mass is 9.82. The first-order chi connectivity index (χ1) is 17.0. The van der Waals surface area contributed by atoms with Gasteiger partial charge in [-0.05, 0) is 48.5 Å². The van der Waals surface area contributed by atoms with Crippen LogP contribution in [0.3, 0.4) is 0 Å². The number of aliphatic hydroxyl groups excluding tert-OH is 2. The Morgan fingerprint density at radius 2 is 1.29 bits per heavy atom. The summed E-state index contributed by atoms with van der Waals surface area (Å²) in [5, 5.41) is 33.4. The summed E-state index contributed by atoms with van der Waals surface area (Å²) < 4.78 is 5.46. The third-order valence-corrected chi connectivity index (χ3v) is 6.89. The van der Waals surface area contributed by atoms with Crippen molar-refractivity contribution in [3.05, 3.63) is 108 Å². The van der Waals surface area contributed by atoms with Crippen LogP contribution in [0.4, 0.5) is 0 Å². The van der Waals surface area contributed by atoms with Crippen LogP contribution in [0.5, 0.6) is 0 Å². The molecule has 2 atom stereocenters. The molecule has 6 heteroatoms. The smallest absolute Gasteiger partial charge is 0.344 e. The van der Waals surface area contributed by atoms with Crippen molar-refractivity contribution in [3.63, 3.8) is 0 Å². The number of hydrogen-bond acceptors (Lipinski definition) is 6. The van der Waals surface area contributed by atoms with Crippen LogP contribution >= 0.6 is 0 Å². The number of piperidine rings is 1. The minimum Gasteiger partial charge on any atom is -0.462 e. The van der Waals surface area contributed by atoms with Crippen LogP contribution in [-0.4, -0.2) is 58.0 Å². The zero-order valence-corrected chi connectivity index (χ0v) is 19.7. The number of aliphatic hydroxyl groups is 3. The zero-order chi connectivity index (χ0) is 24.7. The van der Waals surface area contributed by atoms with E-state index >= 15 is 0 Å². The first kappa shape index (κ1) is 25.1. The van der Waals surface area contributed by atoms with E-state index in [0.717, 1.165) is 25.9 Å². The number of nitrogens with zero attached hydrogens (tertiary/aromatic N) is 1. The van der Waals surface area contributed by atoms with Crippen LogP contribution in [0.15, 0.2) is 91.0 Å². The maximum absolute atomic E-state index is 13.2. The average molecular weight is 476 g/mol. The molecule has 0 aliphatic carbocycles. The monoisotopic (exact) mass is 475 g/mol. The molecule has 3 aromatic rings. The molecule has 1 heterocycles. The summed E-state index contributed by atoms with van der Waals surface area (Å²) in [5.74, 6) is -0.522. The summed E-state index contributed by atoms with van der Waals surface area (Å²) in [6.07, 6.45) is -1.29. The Bertz CT molecular complexity index is 1010. The summed E-state index contributed by atoms with van der Waals surface area (Å²) in [6, 6.07) is 27.2. The van der Waals surface area contributed by atoms with Crippen molar-refractivity contribution >= 4 is 5.97 Å². The topological polar surface area (TPSA) is 90.2 Å². The minimum atomic E-state index is -2.57. The van der Waals surface area contributed by atoms with E-state index in [1.54, 1.807) is 60.7 Å². The van der Waals surface area contributed by atoms with Crippen molar-refractivity contribution in [2.75, 3.05) is 26.2 Å². The van der Waals surface area contributed by atoms with Gasteiger partial charge in [0.1, 0.15) is 18.8 Å². The first-order valence-electron chi connectivity index (χ1n) is 12.1. The van der Waals surface area contributed by atoms with Crippen LogP contribution in [0.25, 0.3) is 0 Å². The van der Waals surface area contributed by atoms with E-state index in [2.05, 4.69) is 29.2 Å². The lowest BCUT2D eigenvalue weighted by Crippen LogP contribution is -2.51. The van der Waals surface area contributed by atoms with Gasteiger partial charge >= 0.3 is 5.97 Å². The average Bonchev–Trinajstić information content (AvgIpc) is 2.93. The second kappa shape index (κ2) is 11.6. The SMILES string of the molecule is O=C(OCCN1CCC(c2ccccc2)CC1)C(O)(C(O)c1ccccc1)C(O)c1ccccc1. The number of hydrogen-bond donors (Lipinski definition) is 3. The van der Waals surface area contributed by atoms with E-state index < -0.39 is 23.8 Å². The molecule has 3 aromatic carbocycles. The maximum atomic E-state index is 13.2. The van der Waals surface area contributed by atoms with Crippen LogP contribution in [0, 0.1) is 0 Å². The number of rotatable bonds is 9. The van der Waals surface area contributed by atoms with E-state index in [0.29, 0.717) is 23.6 Å². The quantitative estimate of drug-likeness (QED) is 0.410. The molecule has 184 valence electrons. The molecule has 0 spiro atoms. The molecule has 6 nitrogen and oxygen atoms in total. The van der Waals surface area contributed by atoms with Gasteiger partial charge in [0.05, 0.1) is 0 Å². The van der Waals surface area contributed by atoms with E-state index in [9.17, 15) is 20.1 Å². The van der Waals surface area contributed by atoms with E-state index in [4.69, 9.17) is 4.74 Å². The van der Waals surface area contributed by atoms with Crippen LogP contribution in [-0.2, 0) is 9.53 Å². The molecule has 4 rings (SSSR count). The fourth-order valence-electron chi connectivity index (χ4n) is 4.75. The molecule has 1 aliphatic heterocycles. The number of esters is 1. The van der Waals surface area contributed by atoms with Crippen LogP contribution < -0.4 is 0 Å². The van der Waals surface area contributed by atoms with Crippen LogP contribution in [0.1, 0.15) is 47.7 Å². The Kier molecular flexibility index (Phi) is 8.31. The normalized spacial score (nSPS) is 18.4. The molecular weight excluding hydrogens is 442 g/mol. The molecule has 0 saturated carbocycles. The van der Waals surface area contributed by atoms with E-state index in [-0.39, 0.29) is 6.61 Å². The minimum absolute atomic E-state index is 0.0557. The molecule has 0 aromatic heterocycles. The van der Waals surface area contributed by atoms with Gasteiger partial charge in [0.2, 0.25) is 5.60 Å². The van der Waals surface area contributed by atoms with Crippen molar-refractivity contribution in [2.45, 2.75) is 36.6 Å². The summed E-state index contributed by atoms with van der Waals surface area (Å²) in [4.78, 5) is 15.4. The Morgan fingerprint density at radius 3 is 1.77 bits per heavy atom. The largest absolute Gasteiger partial charge is 0.462 e. The van der Waals surface area contributed by atoms with Gasteiger partial charge in [-0.2, -0.15) is 0 Å². The molecule has 1 saturated heterocycles. The number of carbonyl (C=O) groups is 1. The van der Waals surface area contributed by atoms with Gasteiger partial charge in [-0.25, -0.2) is 4.79 Å². The fourth-order valence-corrected chi connectivity index (χ4v) is 4.75. The molecule has 35 heavy (non-hydrogen) atoms. The summed E-state index contributed by atoms with van der Waals surface area (Å²) in [7, 11) is 0. The van der Waals surface area contributed by atoms with E-state index in [1.165, 1.54) is 5.56 Å². The molecule has 3 N–H and O–H groups in total. The van der Waals surface area contributed by atoms with Crippen molar-refractivity contribution in [2.24, 2.45) is 0 Å². The molecule has 0 amide bonds. The lowest BCUT2D eigenvalue weighted by Gasteiger charge is -2.36.